The van der Waals surface area contributed by atoms with Crippen LogP contribution in [0.4, 0.5) is 13.2 Å². The van der Waals surface area contributed by atoms with Crippen molar-refractivity contribution in [2.45, 2.75) is 22.7 Å². The van der Waals surface area contributed by atoms with Crippen LogP contribution >= 0.6 is 11.8 Å². The Morgan fingerprint density at radius 1 is 1.42 bits per heavy atom. The lowest BCUT2D eigenvalue weighted by Crippen LogP contribution is -2.29. The molecule has 1 aromatic rings. The maximum atomic E-state index is 12.7. The molecule has 0 spiro atoms. The molecule has 0 aliphatic carbocycles. The van der Waals surface area contributed by atoms with Crippen molar-refractivity contribution in [3.05, 3.63) is 29.8 Å². The number of hydrogen-bond donors (Lipinski definition) is 0. The summed E-state index contributed by atoms with van der Waals surface area (Å²) in [6, 6.07) is 3.71. The molecule has 1 unspecified atom stereocenters. The molecule has 0 radical (unpaired) electrons. The number of esters is 1. The molecule has 1 aliphatic heterocycles. The molecule has 1 heterocycles. The zero-order chi connectivity index (χ0) is 18.0. The number of nitrogens with zero attached hydrogens (tertiary/aromatic N) is 1. The number of halogens is 3. The van der Waals surface area contributed by atoms with Crippen molar-refractivity contribution < 1.29 is 31.1 Å². The van der Waals surface area contributed by atoms with Crippen LogP contribution in [0.3, 0.4) is 0 Å². The predicted molar refractivity (Wildman–Crippen MR) is 83.1 cm³/mol. The summed E-state index contributed by atoms with van der Waals surface area (Å²) in [6.07, 6.45) is -4.07. The second-order valence-corrected chi connectivity index (χ2v) is 8.41. The fourth-order valence-corrected chi connectivity index (χ4v) is 4.97. The van der Waals surface area contributed by atoms with Gasteiger partial charge in [0.15, 0.2) is 0 Å². The number of methoxy groups -OCH3 is 1. The fourth-order valence-electron chi connectivity index (χ4n) is 2.28. The number of sulfonamides is 1. The Hall–Kier alpha value is -1.26. The topological polar surface area (TPSA) is 63.7 Å². The highest BCUT2D eigenvalue weighted by molar-refractivity contribution is 8.00. The molecule has 0 saturated carbocycles. The van der Waals surface area contributed by atoms with Gasteiger partial charge >= 0.3 is 12.1 Å². The van der Waals surface area contributed by atoms with E-state index in [9.17, 15) is 26.4 Å². The minimum absolute atomic E-state index is 0.0929. The summed E-state index contributed by atoms with van der Waals surface area (Å²) in [4.78, 5) is 10.7. The molecule has 0 aromatic heterocycles. The van der Waals surface area contributed by atoms with Crippen LogP contribution in [0.2, 0.25) is 0 Å². The summed E-state index contributed by atoms with van der Waals surface area (Å²) < 4.78 is 68.9. The van der Waals surface area contributed by atoms with Crippen molar-refractivity contribution in [1.29, 1.82) is 0 Å². The van der Waals surface area contributed by atoms with Gasteiger partial charge in [0.25, 0.3) is 0 Å². The van der Waals surface area contributed by atoms with E-state index in [1.165, 1.54) is 18.9 Å². The summed E-state index contributed by atoms with van der Waals surface area (Å²) in [5.74, 6) is -0.294. The summed E-state index contributed by atoms with van der Waals surface area (Å²) in [6.45, 7) is 0.359. The van der Waals surface area contributed by atoms with Gasteiger partial charge in [-0.3, -0.25) is 4.79 Å². The Morgan fingerprint density at radius 2 is 2.12 bits per heavy atom. The molecular formula is C14H16F3NO4S2. The second kappa shape index (κ2) is 7.32. The number of thioether (sulfide) groups is 1. The van der Waals surface area contributed by atoms with E-state index in [0.29, 0.717) is 12.5 Å². The van der Waals surface area contributed by atoms with Gasteiger partial charge in [-0.1, -0.05) is 6.07 Å². The van der Waals surface area contributed by atoms with Crippen LogP contribution in [-0.4, -0.2) is 49.9 Å². The van der Waals surface area contributed by atoms with E-state index in [4.69, 9.17) is 0 Å². The van der Waals surface area contributed by atoms with Crippen molar-refractivity contribution in [2.75, 3.05) is 26.0 Å². The van der Waals surface area contributed by atoms with Crippen LogP contribution in [0, 0.1) is 0 Å². The van der Waals surface area contributed by atoms with Crippen LogP contribution in [0.15, 0.2) is 29.2 Å². The third kappa shape index (κ3) is 4.42. The summed E-state index contributed by atoms with van der Waals surface area (Å²) in [7, 11) is -2.73. The van der Waals surface area contributed by atoms with Crippen LogP contribution in [0.5, 0.6) is 0 Å². The van der Waals surface area contributed by atoms with E-state index in [0.717, 1.165) is 22.5 Å². The lowest BCUT2D eigenvalue weighted by Gasteiger charge is -2.17. The summed E-state index contributed by atoms with van der Waals surface area (Å²) >= 11 is 1.28. The summed E-state index contributed by atoms with van der Waals surface area (Å²) in [5, 5.41) is -0.0929. The first-order valence-electron chi connectivity index (χ1n) is 7.00. The van der Waals surface area contributed by atoms with Crippen molar-refractivity contribution in [1.82, 2.24) is 4.31 Å². The molecule has 0 amide bonds. The highest BCUT2D eigenvalue weighted by Crippen LogP contribution is 2.32. The zero-order valence-electron chi connectivity index (χ0n) is 12.7. The van der Waals surface area contributed by atoms with Gasteiger partial charge in [0.05, 0.1) is 23.3 Å². The smallest absolute Gasteiger partial charge is 0.416 e. The second-order valence-electron chi connectivity index (χ2n) is 5.19. The number of hydrogen-bond acceptors (Lipinski definition) is 5. The normalized spacial score (nSPS) is 19.4. The SMILES string of the molecule is COC(=O)CSC1CCN(S(=O)(=O)c2cccc(C(F)(F)F)c2)C1. The highest BCUT2D eigenvalue weighted by Gasteiger charge is 2.35. The monoisotopic (exact) mass is 383 g/mol. The van der Waals surface area contributed by atoms with E-state index in [2.05, 4.69) is 4.74 Å². The predicted octanol–water partition coefficient (Wildman–Crippen LogP) is 2.37. The van der Waals surface area contributed by atoms with Crippen LogP contribution in [0.25, 0.3) is 0 Å². The van der Waals surface area contributed by atoms with Crippen LogP contribution in [-0.2, 0) is 25.7 Å². The van der Waals surface area contributed by atoms with Gasteiger partial charge < -0.3 is 4.74 Å². The average Bonchev–Trinajstić information content (AvgIpc) is 3.01. The third-order valence-corrected chi connectivity index (χ3v) is 6.69. The van der Waals surface area contributed by atoms with Gasteiger partial charge in [0, 0.05) is 18.3 Å². The standard InChI is InChI=1S/C14H16F3NO4S2/c1-22-13(19)9-23-11-5-6-18(8-11)24(20,21)12-4-2-3-10(7-12)14(15,16)17/h2-4,7,11H,5-6,8-9H2,1H3. The minimum atomic E-state index is -4.60. The number of ether oxygens (including phenoxy) is 1. The van der Waals surface area contributed by atoms with Gasteiger partial charge in [-0.05, 0) is 24.6 Å². The Kier molecular flexibility index (Phi) is 5.82. The first kappa shape index (κ1) is 19.1. The maximum absolute atomic E-state index is 12.7. The van der Waals surface area contributed by atoms with E-state index in [-0.39, 0.29) is 29.0 Å². The molecule has 1 fully saturated rings. The van der Waals surface area contributed by atoms with Gasteiger partial charge in [-0.2, -0.15) is 17.5 Å². The molecule has 1 saturated heterocycles. The van der Waals surface area contributed by atoms with Gasteiger partial charge in [0.2, 0.25) is 10.0 Å². The molecule has 0 N–H and O–H groups in total. The van der Waals surface area contributed by atoms with Crippen molar-refractivity contribution in [3.8, 4) is 0 Å². The van der Waals surface area contributed by atoms with Crippen molar-refractivity contribution in [3.63, 3.8) is 0 Å². The summed E-state index contributed by atoms with van der Waals surface area (Å²) in [5.41, 5.74) is -1.00. The van der Waals surface area contributed by atoms with Gasteiger partial charge in [0.1, 0.15) is 0 Å². The Bertz CT molecular complexity index is 706. The van der Waals surface area contributed by atoms with Crippen LogP contribution < -0.4 is 0 Å². The molecule has 5 nitrogen and oxygen atoms in total. The lowest BCUT2D eigenvalue weighted by molar-refractivity contribution is -0.138. The molecule has 134 valence electrons. The maximum Gasteiger partial charge on any atom is 0.416 e. The number of carbonyl (C=O) groups excluding carboxylic acids is 1. The van der Waals surface area contributed by atoms with E-state index >= 15 is 0 Å². The molecule has 2 rings (SSSR count). The first-order chi connectivity index (χ1) is 11.1. The molecule has 1 aliphatic rings. The first-order valence-corrected chi connectivity index (χ1v) is 9.49. The zero-order valence-corrected chi connectivity index (χ0v) is 14.4. The van der Waals surface area contributed by atoms with E-state index in [1.54, 1.807) is 0 Å². The lowest BCUT2D eigenvalue weighted by atomic mass is 10.2. The Labute approximate surface area is 142 Å². The van der Waals surface area contributed by atoms with Gasteiger partial charge in [-0.25, -0.2) is 8.42 Å². The average molecular weight is 383 g/mol. The number of rotatable bonds is 5. The fraction of sp³-hybridized carbons (Fsp3) is 0.500. The number of benzene rings is 1. The highest BCUT2D eigenvalue weighted by atomic mass is 32.2. The van der Waals surface area contributed by atoms with Gasteiger partial charge in [-0.15, -0.1) is 11.8 Å². The Morgan fingerprint density at radius 3 is 2.75 bits per heavy atom. The third-order valence-electron chi connectivity index (χ3n) is 3.57. The Balaban J connectivity index is 2.10. The number of carbonyl (C=O) groups is 1. The molecule has 0 bridgehead atoms. The van der Waals surface area contributed by atoms with Crippen molar-refractivity contribution in [2.24, 2.45) is 0 Å². The van der Waals surface area contributed by atoms with Crippen LogP contribution in [0.1, 0.15) is 12.0 Å². The minimum Gasteiger partial charge on any atom is -0.468 e. The molecule has 1 atom stereocenters. The van der Waals surface area contributed by atoms with Crippen molar-refractivity contribution >= 4 is 27.8 Å². The molecule has 24 heavy (non-hydrogen) atoms. The quantitative estimate of drug-likeness (QED) is 0.731. The van der Waals surface area contributed by atoms with E-state index in [1.807, 2.05) is 0 Å². The van der Waals surface area contributed by atoms with E-state index < -0.39 is 27.7 Å². The largest absolute Gasteiger partial charge is 0.468 e. The molecule has 1 aromatic carbocycles. The molecule has 10 heteroatoms. The molecular weight excluding hydrogens is 367 g/mol. The number of alkyl halides is 3.